The van der Waals surface area contributed by atoms with E-state index in [4.69, 9.17) is 9.47 Å². The Morgan fingerprint density at radius 2 is 2.00 bits per heavy atom. The Bertz CT molecular complexity index is 613. The van der Waals surface area contributed by atoms with E-state index in [1.165, 1.54) is 29.2 Å². The van der Waals surface area contributed by atoms with Crippen molar-refractivity contribution in [3.05, 3.63) is 35.9 Å². The molecular formula is C18H23NO2. The first-order valence-corrected chi connectivity index (χ1v) is 7.66. The van der Waals surface area contributed by atoms with Crippen LogP contribution in [0.2, 0.25) is 0 Å². The van der Waals surface area contributed by atoms with Crippen molar-refractivity contribution in [1.82, 2.24) is 5.32 Å². The molecule has 112 valence electrons. The number of nitrogens with one attached hydrogen (secondary N) is 1. The molecule has 1 aliphatic heterocycles. The van der Waals surface area contributed by atoms with E-state index >= 15 is 0 Å². The van der Waals surface area contributed by atoms with Gasteiger partial charge in [-0.3, -0.25) is 0 Å². The fourth-order valence-corrected chi connectivity index (χ4v) is 3.26. The second-order valence-electron chi connectivity index (χ2n) is 5.75. The molecule has 0 amide bonds. The van der Waals surface area contributed by atoms with Gasteiger partial charge in [0.1, 0.15) is 11.5 Å². The highest BCUT2D eigenvalue weighted by atomic mass is 16.5. The minimum absolute atomic E-state index is 0.685. The van der Waals surface area contributed by atoms with Gasteiger partial charge in [-0.2, -0.15) is 0 Å². The minimum Gasteiger partial charge on any atom is -0.497 e. The molecule has 3 rings (SSSR count). The molecule has 3 heteroatoms. The first-order valence-electron chi connectivity index (χ1n) is 7.66. The Labute approximate surface area is 126 Å². The summed E-state index contributed by atoms with van der Waals surface area (Å²) in [6, 6.07) is 10.5. The third-order valence-electron chi connectivity index (χ3n) is 4.41. The third kappa shape index (κ3) is 2.98. The zero-order valence-electron chi connectivity index (χ0n) is 12.8. The van der Waals surface area contributed by atoms with Crippen molar-refractivity contribution in [2.45, 2.75) is 19.3 Å². The highest BCUT2D eigenvalue weighted by molar-refractivity contribution is 5.89. The number of benzene rings is 2. The summed E-state index contributed by atoms with van der Waals surface area (Å²) < 4.78 is 11.0. The van der Waals surface area contributed by atoms with Crippen LogP contribution in [0, 0.1) is 5.92 Å². The van der Waals surface area contributed by atoms with Crippen LogP contribution in [-0.4, -0.2) is 27.3 Å². The number of piperidine rings is 1. The predicted octanol–water partition coefficient (Wildman–Crippen LogP) is 3.40. The van der Waals surface area contributed by atoms with Crippen molar-refractivity contribution in [2.24, 2.45) is 5.92 Å². The van der Waals surface area contributed by atoms with Gasteiger partial charge in [0.05, 0.1) is 14.2 Å². The van der Waals surface area contributed by atoms with E-state index in [0.717, 1.165) is 31.0 Å². The summed E-state index contributed by atoms with van der Waals surface area (Å²) in [7, 11) is 3.47. The van der Waals surface area contributed by atoms with Crippen molar-refractivity contribution < 1.29 is 9.47 Å². The number of methoxy groups -OCH3 is 2. The minimum atomic E-state index is 0.685. The molecule has 0 aromatic heterocycles. The van der Waals surface area contributed by atoms with E-state index in [-0.39, 0.29) is 0 Å². The Kier molecular flexibility index (Phi) is 4.30. The summed E-state index contributed by atoms with van der Waals surface area (Å²) in [5.74, 6) is 2.57. The van der Waals surface area contributed by atoms with Crippen LogP contribution in [0.4, 0.5) is 0 Å². The number of rotatable bonds is 4. The maximum Gasteiger partial charge on any atom is 0.122 e. The number of hydrogen-bond donors (Lipinski definition) is 1. The highest BCUT2D eigenvalue weighted by Gasteiger charge is 2.18. The first kappa shape index (κ1) is 14.2. The molecule has 0 saturated carbocycles. The molecule has 1 heterocycles. The summed E-state index contributed by atoms with van der Waals surface area (Å²) in [4.78, 5) is 0. The van der Waals surface area contributed by atoms with Crippen LogP contribution in [0.3, 0.4) is 0 Å². The van der Waals surface area contributed by atoms with Crippen LogP contribution < -0.4 is 14.8 Å². The lowest BCUT2D eigenvalue weighted by Crippen LogP contribution is -2.30. The van der Waals surface area contributed by atoms with Gasteiger partial charge in [0, 0.05) is 5.56 Å². The van der Waals surface area contributed by atoms with Gasteiger partial charge >= 0.3 is 0 Å². The van der Waals surface area contributed by atoms with Gasteiger partial charge < -0.3 is 14.8 Å². The van der Waals surface area contributed by atoms with Crippen molar-refractivity contribution >= 4 is 10.8 Å². The molecule has 3 nitrogen and oxygen atoms in total. The summed E-state index contributed by atoms with van der Waals surface area (Å²) in [5.41, 5.74) is 1.31. The molecule has 1 unspecified atom stereocenters. The SMILES string of the molecule is COc1ccc2ccc(OC)c(CC3CCCNC3)c2c1. The summed E-state index contributed by atoms with van der Waals surface area (Å²) >= 11 is 0. The zero-order valence-corrected chi connectivity index (χ0v) is 12.8. The van der Waals surface area contributed by atoms with Gasteiger partial charge in [-0.25, -0.2) is 0 Å². The third-order valence-corrected chi connectivity index (χ3v) is 4.41. The van der Waals surface area contributed by atoms with E-state index < -0.39 is 0 Å². The van der Waals surface area contributed by atoms with Gasteiger partial charge in [0.15, 0.2) is 0 Å². The van der Waals surface area contributed by atoms with Crippen molar-refractivity contribution in [3.8, 4) is 11.5 Å². The van der Waals surface area contributed by atoms with Crippen LogP contribution >= 0.6 is 0 Å². The number of fused-ring (bicyclic) bond motifs is 1. The molecule has 0 bridgehead atoms. The molecule has 0 radical (unpaired) electrons. The quantitative estimate of drug-likeness (QED) is 0.934. The molecule has 1 aliphatic rings. The van der Waals surface area contributed by atoms with Gasteiger partial charge in [-0.1, -0.05) is 12.1 Å². The topological polar surface area (TPSA) is 30.5 Å². The predicted molar refractivity (Wildman–Crippen MR) is 86.3 cm³/mol. The largest absolute Gasteiger partial charge is 0.497 e. The maximum atomic E-state index is 5.61. The van der Waals surface area contributed by atoms with E-state index in [1.54, 1.807) is 14.2 Å². The maximum absolute atomic E-state index is 5.61. The Hall–Kier alpha value is -1.74. The van der Waals surface area contributed by atoms with E-state index in [2.05, 4.69) is 29.6 Å². The molecule has 2 aromatic carbocycles. The lowest BCUT2D eigenvalue weighted by molar-refractivity contribution is 0.365. The number of ether oxygens (including phenoxy) is 2. The molecule has 0 spiro atoms. The smallest absolute Gasteiger partial charge is 0.122 e. The van der Waals surface area contributed by atoms with Gasteiger partial charge in [-0.05, 0) is 67.2 Å². The summed E-state index contributed by atoms with van der Waals surface area (Å²) in [6.45, 7) is 2.25. The average molecular weight is 285 g/mol. The molecule has 0 aliphatic carbocycles. The molecule has 1 atom stereocenters. The van der Waals surface area contributed by atoms with Gasteiger partial charge in [-0.15, -0.1) is 0 Å². The molecule has 1 saturated heterocycles. The Morgan fingerprint density at radius 1 is 1.14 bits per heavy atom. The van der Waals surface area contributed by atoms with Crippen LogP contribution in [0.15, 0.2) is 30.3 Å². The summed E-state index contributed by atoms with van der Waals surface area (Å²) in [5, 5.41) is 5.99. The molecule has 2 aromatic rings. The van der Waals surface area contributed by atoms with Crippen molar-refractivity contribution in [3.63, 3.8) is 0 Å². The molecule has 1 fully saturated rings. The Balaban J connectivity index is 2.03. The van der Waals surface area contributed by atoms with E-state index in [1.807, 2.05) is 6.07 Å². The van der Waals surface area contributed by atoms with Crippen molar-refractivity contribution in [2.75, 3.05) is 27.3 Å². The molecule has 21 heavy (non-hydrogen) atoms. The summed E-state index contributed by atoms with van der Waals surface area (Å²) in [6.07, 6.45) is 3.61. The first-order chi connectivity index (χ1) is 10.3. The van der Waals surface area contributed by atoms with Crippen LogP contribution in [0.5, 0.6) is 11.5 Å². The van der Waals surface area contributed by atoms with Gasteiger partial charge in [0.2, 0.25) is 0 Å². The molecule has 1 N–H and O–H groups in total. The average Bonchev–Trinajstić information content (AvgIpc) is 2.55. The number of hydrogen-bond acceptors (Lipinski definition) is 3. The van der Waals surface area contributed by atoms with Crippen LogP contribution in [0.25, 0.3) is 10.8 Å². The standard InChI is InChI=1S/C18H23NO2/c1-20-15-7-5-14-6-8-18(21-2)17(16(14)11-15)10-13-4-3-9-19-12-13/h5-8,11,13,19H,3-4,9-10,12H2,1-2H3. The highest BCUT2D eigenvalue weighted by Crippen LogP contribution is 2.33. The van der Waals surface area contributed by atoms with E-state index in [9.17, 15) is 0 Å². The monoisotopic (exact) mass is 285 g/mol. The fraction of sp³-hybridized carbons (Fsp3) is 0.444. The Morgan fingerprint density at radius 3 is 2.71 bits per heavy atom. The fourth-order valence-electron chi connectivity index (χ4n) is 3.26. The van der Waals surface area contributed by atoms with Crippen molar-refractivity contribution in [1.29, 1.82) is 0 Å². The van der Waals surface area contributed by atoms with E-state index in [0.29, 0.717) is 5.92 Å². The second-order valence-corrected chi connectivity index (χ2v) is 5.75. The molecular weight excluding hydrogens is 262 g/mol. The van der Waals surface area contributed by atoms with Crippen LogP contribution in [0.1, 0.15) is 18.4 Å². The lowest BCUT2D eigenvalue weighted by Gasteiger charge is -2.24. The van der Waals surface area contributed by atoms with Crippen LogP contribution in [-0.2, 0) is 6.42 Å². The lowest BCUT2D eigenvalue weighted by atomic mass is 9.89. The zero-order chi connectivity index (χ0) is 14.7. The second kappa shape index (κ2) is 6.35. The van der Waals surface area contributed by atoms with Gasteiger partial charge in [0.25, 0.3) is 0 Å². The normalized spacial score (nSPS) is 18.7.